The molecular weight excluding hydrogens is 391 g/mol. The Morgan fingerprint density at radius 2 is 1.82 bits per heavy atom. The smallest absolute Gasteiger partial charge is 0.416 e. The van der Waals surface area contributed by atoms with Gasteiger partial charge in [-0.1, -0.05) is 0 Å². The average Bonchev–Trinajstić information content (AvgIpc) is 2.60. The number of hydrogen-bond donors (Lipinski definition) is 2. The number of rotatable bonds is 6. The van der Waals surface area contributed by atoms with Gasteiger partial charge in [-0.3, -0.25) is 20.2 Å². The second kappa shape index (κ2) is 9.01. The molecule has 0 aromatic heterocycles. The maximum atomic E-state index is 12.7. The first kappa shape index (κ1) is 22.7. The van der Waals surface area contributed by atoms with Crippen molar-refractivity contribution in [2.75, 3.05) is 12.4 Å². The maximum absolute atomic E-state index is 12.7. The molecule has 0 fully saturated rings. The van der Waals surface area contributed by atoms with Gasteiger partial charge in [0.25, 0.3) is 11.6 Å². The summed E-state index contributed by atoms with van der Waals surface area (Å²) in [6.07, 6.45) is -7.26. The van der Waals surface area contributed by atoms with Crippen LogP contribution in [0.15, 0.2) is 18.2 Å². The molecule has 154 valence electrons. The average molecular weight is 407 g/mol. The molecule has 0 aliphatic rings. The molecule has 2 atom stereocenters. The SMILES string of the molecule is COC(=O)NC(=O)[C@@H](C)OC(=O)[C@H](C)Nc1ccc(C(F)(F)F)cc1[N+](=O)[O-]. The third-order valence-electron chi connectivity index (χ3n) is 3.32. The second-order valence-corrected chi connectivity index (χ2v) is 5.41. The standard InChI is InChI=1S/C15H16F3N3O7/c1-7(13(23)28-8(2)12(22)20-14(24)27-3)19-10-5-4-9(15(16,17)18)6-11(10)21(25)26/h4-8,19H,1-3H3,(H,20,22,24)/t7-,8+/m0/s1. The fourth-order valence-corrected chi connectivity index (χ4v) is 1.86. The van der Waals surface area contributed by atoms with Gasteiger partial charge < -0.3 is 14.8 Å². The lowest BCUT2D eigenvalue weighted by atomic mass is 10.1. The number of carbonyl (C=O) groups is 3. The highest BCUT2D eigenvalue weighted by Crippen LogP contribution is 2.35. The zero-order chi connectivity index (χ0) is 21.6. The highest BCUT2D eigenvalue weighted by Gasteiger charge is 2.33. The van der Waals surface area contributed by atoms with Crippen molar-refractivity contribution in [2.24, 2.45) is 0 Å². The number of ether oxygens (including phenoxy) is 2. The largest absolute Gasteiger partial charge is 0.453 e. The van der Waals surface area contributed by atoms with Gasteiger partial charge >= 0.3 is 18.2 Å². The van der Waals surface area contributed by atoms with Gasteiger partial charge in [0.05, 0.1) is 17.6 Å². The van der Waals surface area contributed by atoms with Crippen LogP contribution in [0.5, 0.6) is 0 Å². The summed E-state index contributed by atoms with van der Waals surface area (Å²) in [6, 6.07) is 0.480. The fourth-order valence-electron chi connectivity index (χ4n) is 1.86. The zero-order valence-electron chi connectivity index (χ0n) is 14.8. The van der Waals surface area contributed by atoms with E-state index in [4.69, 9.17) is 4.74 Å². The van der Waals surface area contributed by atoms with E-state index in [1.807, 2.05) is 0 Å². The van der Waals surface area contributed by atoms with E-state index in [0.717, 1.165) is 20.1 Å². The van der Waals surface area contributed by atoms with Crippen LogP contribution in [0.1, 0.15) is 19.4 Å². The lowest BCUT2D eigenvalue weighted by Crippen LogP contribution is -2.41. The summed E-state index contributed by atoms with van der Waals surface area (Å²) in [5.41, 5.74) is -2.48. The first-order chi connectivity index (χ1) is 12.9. The van der Waals surface area contributed by atoms with Crippen LogP contribution in [-0.2, 0) is 25.2 Å². The predicted molar refractivity (Wildman–Crippen MR) is 87.3 cm³/mol. The summed E-state index contributed by atoms with van der Waals surface area (Å²) < 4.78 is 47.1. The zero-order valence-corrected chi connectivity index (χ0v) is 14.8. The van der Waals surface area contributed by atoms with Crippen LogP contribution >= 0.6 is 0 Å². The lowest BCUT2D eigenvalue weighted by Gasteiger charge is -2.18. The third-order valence-corrected chi connectivity index (χ3v) is 3.32. The number of imide groups is 1. The van der Waals surface area contributed by atoms with Gasteiger partial charge in [0, 0.05) is 6.07 Å². The van der Waals surface area contributed by atoms with Gasteiger partial charge in [-0.25, -0.2) is 9.59 Å². The molecule has 0 aliphatic heterocycles. The molecular formula is C15H16F3N3O7. The van der Waals surface area contributed by atoms with E-state index in [1.54, 1.807) is 5.32 Å². The highest BCUT2D eigenvalue weighted by molar-refractivity contribution is 5.95. The molecule has 0 radical (unpaired) electrons. The Bertz CT molecular complexity index is 783. The first-order valence-electron chi connectivity index (χ1n) is 7.58. The molecule has 2 N–H and O–H groups in total. The summed E-state index contributed by atoms with van der Waals surface area (Å²) in [6.45, 7) is 2.37. The van der Waals surface area contributed by atoms with Gasteiger partial charge in [-0.2, -0.15) is 13.2 Å². The first-order valence-corrected chi connectivity index (χ1v) is 7.58. The normalized spacial score (nSPS) is 13.1. The van der Waals surface area contributed by atoms with E-state index in [1.165, 1.54) is 6.92 Å². The Morgan fingerprint density at radius 1 is 1.21 bits per heavy atom. The van der Waals surface area contributed by atoms with Crippen molar-refractivity contribution >= 4 is 29.3 Å². The molecule has 0 heterocycles. The van der Waals surface area contributed by atoms with Crippen LogP contribution in [0, 0.1) is 10.1 Å². The number of alkyl halides is 3. The number of nitro groups is 1. The summed E-state index contributed by atoms with van der Waals surface area (Å²) in [4.78, 5) is 44.5. The lowest BCUT2D eigenvalue weighted by molar-refractivity contribution is -0.384. The number of carbonyl (C=O) groups excluding carboxylic acids is 3. The molecule has 1 aromatic rings. The molecule has 10 nitrogen and oxygen atoms in total. The number of methoxy groups -OCH3 is 1. The van der Waals surface area contributed by atoms with E-state index >= 15 is 0 Å². The molecule has 0 saturated carbocycles. The number of anilines is 1. The molecule has 2 amide bonds. The van der Waals surface area contributed by atoms with Gasteiger partial charge in [0.1, 0.15) is 11.7 Å². The van der Waals surface area contributed by atoms with E-state index in [-0.39, 0.29) is 5.69 Å². The Hall–Kier alpha value is -3.38. The Balaban J connectivity index is 2.87. The summed E-state index contributed by atoms with van der Waals surface area (Å²) in [7, 11) is 1.02. The molecule has 28 heavy (non-hydrogen) atoms. The number of amides is 2. The minimum absolute atomic E-state index is 0.326. The van der Waals surface area contributed by atoms with Crippen molar-refractivity contribution < 1.29 is 42.0 Å². The number of nitrogens with zero attached hydrogens (tertiary/aromatic N) is 1. The number of esters is 1. The molecule has 0 bridgehead atoms. The summed E-state index contributed by atoms with van der Waals surface area (Å²) in [5.74, 6) is -2.02. The predicted octanol–water partition coefficient (Wildman–Crippen LogP) is 2.23. The Morgan fingerprint density at radius 3 is 2.32 bits per heavy atom. The Labute approximate surface area is 156 Å². The van der Waals surface area contributed by atoms with Gasteiger partial charge in [0.15, 0.2) is 6.10 Å². The van der Waals surface area contributed by atoms with Crippen molar-refractivity contribution in [2.45, 2.75) is 32.2 Å². The van der Waals surface area contributed by atoms with Crippen molar-refractivity contribution in [1.29, 1.82) is 0 Å². The van der Waals surface area contributed by atoms with Gasteiger partial charge in [-0.15, -0.1) is 0 Å². The van der Waals surface area contributed by atoms with E-state index in [9.17, 15) is 37.7 Å². The number of hydrogen-bond acceptors (Lipinski definition) is 8. The monoisotopic (exact) mass is 407 g/mol. The number of benzene rings is 1. The second-order valence-electron chi connectivity index (χ2n) is 5.41. The molecule has 0 aliphatic carbocycles. The third kappa shape index (κ3) is 6.10. The van der Waals surface area contributed by atoms with Crippen molar-refractivity contribution in [3.8, 4) is 0 Å². The van der Waals surface area contributed by atoms with Crippen LogP contribution in [0.2, 0.25) is 0 Å². The van der Waals surface area contributed by atoms with Crippen molar-refractivity contribution in [3.05, 3.63) is 33.9 Å². The van der Waals surface area contributed by atoms with Crippen LogP contribution in [0.25, 0.3) is 0 Å². The topological polar surface area (TPSA) is 137 Å². The van der Waals surface area contributed by atoms with Gasteiger partial charge in [-0.05, 0) is 26.0 Å². The van der Waals surface area contributed by atoms with Gasteiger partial charge in [0.2, 0.25) is 0 Å². The van der Waals surface area contributed by atoms with Crippen LogP contribution in [0.3, 0.4) is 0 Å². The number of nitrogens with one attached hydrogen (secondary N) is 2. The molecule has 0 unspecified atom stereocenters. The van der Waals surface area contributed by atoms with E-state index < -0.39 is 52.5 Å². The summed E-state index contributed by atoms with van der Waals surface area (Å²) in [5, 5.41) is 15.2. The number of nitro benzene ring substituents is 1. The molecule has 0 spiro atoms. The molecule has 1 aromatic carbocycles. The molecule has 13 heteroatoms. The summed E-state index contributed by atoms with van der Waals surface area (Å²) >= 11 is 0. The minimum Gasteiger partial charge on any atom is -0.453 e. The Kier molecular flexibility index (Phi) is 7.29. The quantitative estimate of drug-likeness (QED) is 0.416. The van der Waals surface area contributed by atoms with Crippen molar-refractivity contribution in [1.82, 2.24) is 5.32 Å². The van der Waals surface area contributed by atoms with Crippen molar-refractivity contribution in [3.63, 3.8) is 0 Å². The fraction of sp³-hybridized carbons (Fsp3) is 0.400. The minimum atomic E-state index is -4.78. The number of halogens is 3. The van der Waals surface area contributed by atoms with E-state index in [2.05, 4.69) is 10.1 Å². The van der Waals surface area contributed by atoms with E-state index in [0.29, 0.717) is 12.1 Å². The molecule has 0 saturated heterocycles. The van der Waals surface area contributed by atoms with Crippen LogP contribution in [-0.4, -0.2) is 42.1 Å². The maximum Gasteiger partial charge on any atom is 0.416 e. The van der Waals surface area contributed by atoms with Crippen LogP contribution < -0.4 is 10.6 Å². The molecule has 1 rings (SSSR count). The van der Waals surface area contributed by atoms with Crippen LogP contribution in [0.4, 0.5) is 29.3 Å². The highest BCUT2D eigenvalue weighted by atomic mass is 19.4. The number of alkyl carbamates (subject to hydrolysis) is 1.